The van der Waals surface area contributed by atoms with Gasteiger partial charge in [-0.1, -0.05) is 6.07 Å². The highest BCUT2D eigenvalue weighted by molar-refractivity contribution is 14.0. The van der Waals surface area contributed by atoms with Crippen molar-refractivity contribution < 1.29 is 0 Å². The van der Waals surface area contributed by atoms with Crippen LogP contribution in [0.5, 0.6) is 0 Å². The summed E-state index contributed by atoms with van der Waals surface area (Å²) < 4.78 is 1.95. The van der Waals surface area contributed by atoms with Crippen molar-refractivity contribution in [3.8, 4) is 0 Å². The van der Waals surface area contributed by atoms with Crippen molar-refractivity contribution in [1.29, 1.82) is 0 Å². The maximum atomic E-state index is 4.67. The fourth-order valence-electron chi connectivity index (χ4n) is 3.95. The van der Waals surface area contributed by atoms with Crippen molar-refractivity contribution in [1.82, 2.24) is 30.3 Å². The predicted molar refractivity (Wildman–Crippen MR) is 139 cm³/mol. The Kier molecular flexibility index (Phi) is 9.54. The van der Waals surface area contributed by atoms with Gasteiger partial charge in [0.15, 0.2) is 5.96 Å². The zero-order chi connectivity index (χ0) is 21.7. The second-order valence-corrected chi connectivity index (χ2v) is 8.22. The Labute approximate surface area is 203 Å². The minimum Gasteiger partial charge on any atom is -0.354 e. The summed E-state index contributed by atoms with van der Waals surface area (Å²) in [5, 5.41) is 11.5. The highest BCUT2D eigenvalue weighted by atomic mass is 127. The Morgan fingerprint density at radius 2 is 1.90 bits per heavy atom. The molecule has 0 bridgehead atoms. The molecule has 31 heavy (non-hydrogen) atoms. The van der Waals surface area contributed by atoms with Gasteiger partial charge in [-0.2, -0.15) is 5.10 Å². The van der Waals surface area contributed by atoms with Crippen LogP contribution < -0.4 is 15.5 Å². The number of rotatable bonds is 6. The molecule has 1 unspecified atom stereocenters. The zero-order valence-corrected chi connectivity index (χ0v) is 22.0. The third kappa shape index (κ3) is 6.55. The van der Waals surface area contributed by atoms with Crippen LogP contribution in [0.2, 0.25) is 0 Å². The van der Waals surface area contributed by atoms with Crippen molar-refractivity contribution >= 4 is 35.8 Å². The standard InChI is InChI=1S/C22H36N8.HI/c1-16(14-20-17(2)27-29(6)18(20)3)26-22(23-4)25-15-19-8-7-9-24-21(19)30-12-10-28(5)11-13-30;/h7-9,16H,10-15H2,1-6H3,(H2,23,25,26);1H. The molecular formula is C22H37IN8. The molecule has 1 saturated heterocycles. The Bertz CT molecular complexity index is 870. The fraction of sp³-hybridized carbons (Fsp3) is 0.591. The van der Waals surface area contributed by atoms with Gasteiger partial charge in [0.1, 0.15) is 5.82 Å². The average Bonchev–Trinajstić information content (AvgIpc) is 2.98. The van der Waals surface area contributed by atoms with Gasteiger partial charge in [0.05, 0.1) is 5.69 Å². The third-order valence-corrected chi connectivity index (χ3v) is 5.89. The van der Waals surface area contributed by atoms with Gasteiger partial charge < -0.3 is 20.4 Å². The van der Waals surface area contributed by atoms with Crippen LogP contribution in [0.15, 0.2) is 23.3 Å². The summed E-state index contributed by atoms with van der Waals surface area (Å²) in [6.07, 6.45) is 2.79. The van der Waals surface area contributed by atoms with Gasteiger partial charge in [0, 0.05) is 70.3 Å². The lowest BCUT2D eigenvalue weighted by molar-refractivity contribution is 0.312. The highest BCUT2D eigenvalue weighted by Crippen LogP contribution is 2.18. The second-order valence-electron chi connectivity index (χ2n) is 8.22. The molecular weight excluding hydrogens is 503 g/mol. The predicted octanol–water partition coefficient (Wildman–Crippen LogP) is 2.10. The Hall–Kier alpha value is -1.88. The summed E-state index contributed by atoms with van der Waals surface area (Å²) in [6.45, 7) is 11.2. The smallest absolute Gasteiger partial charge is 0.191 e. The molecule has 0 aliphatic carbocycles. The van der Waals surface area contributed by atoms with Gasteiger partial charge in [0.2, 0.25) is 0 Å². The molecule has 2 N–H and O–H groups in total. The van der Waals surface area contributed by atoms with Crippen LogP contribution in [-0.2, 0) is 20.0 Å². The molecule has 172 valence electrons. The molecule has 0 spiro atoms. The first kappa shape index (κ1) is 25.4. The molecule has 1 aliphatic rings. The van der Waals surface area contributed by atoms with Gasteiger partial charge in [-0.15, -0.1) is 24.0 Å². The fourth-order valence-corrected chi connectivity index (χ4v) is 3.95. The lowest BCUT2D eigenvalue weighted by Gasteiger charge is -2.34. The van der Waals surface area contributed by atoms with Gasteiger partial charge in [0.25, 0.3) is 0 Å². The van der Waals surface area contributed by atoms with E-state index in [0.717, 1.165) is 50.1 Å². The quantitative estimate of drug-likeness (QED) is 0.332. The van der Waals surface area contributed by atoms with E-state index >= 15 is 0 Å². The summed E-state index contributed by atoms with van der Waals surface area (Å²) >= 11 is 0. The number of halogens is 1. The first-order valence-corrected chi connectivity index (χ1v) is 10.7. The first-order chi connectivity index (χ1) is 14.4. The number of guanidine groups is 1. The molecule has 3 rings (SSSR count). The van der Waals surface area contributed by atoms with Crippen LogP contribution in [0.25, 0.3) is 0 Å². The van der Waals surface area contributed by atoms with Crippen molar-refractivity contribution in [2.75, 3.05) is 45.2 Å². The maximum Gasteiger partial charge on any atom is 0.191 e. The van der Waals surface area contributed by atoms with Crippen LogP contribution in [0, 0.1) is 13.8 Å². The van der Waals surface area contributed by atoms with E-state index in [-0.39, 0.29) is 30.0 Å². The van der Waals surface area contributed by atoms with Gasteiger partial charge in [-0.05, 0) is 45.9 Å². The van der Waals surface area contributed by atoms with Crippen molar-refractivity contribution in [2.45, 2.75) is 39.8 Å². The number of nitrogens with one attached hydrogen (secondary N) is 2. The van der Waals surface area contributed by atoms with Crippen molar-refractivity contribution in [3.05, 3.63) is 40.8 Å². The molecule has 2 aromatic rings. The van der Waals surface area contributed by atoms with Crippen LogP contribution in [-0.4, -0.2) is 71.9 Å². The summed E-state index contributed by atoms with van der Waals surface area (Å²) in [6, 6.07) is 4.39. The van der Waals surface area contributed by atoms with Crippen LogP contribution >= 0.6 is 24.0 Å². The van der Waals surface area contributed by atoms with E-state index in [1.807, 2.05) is 31.0 Å². The second kappa shape index (κ2) is 11.7. The Morgan fingerprint density at radius 3 is 2.52 bits per heavy atom. The van der Waals surface area contributed by atoms with Gasteiger partial charge >= 0.3 is 0 Å². The van der Waals surface area contributed by atoms with E-state index in [2.05, 4.69) is 69.4 Å². The maximum absolute atomic E-state index is 4.67. The summed E-state index contributed by atoms with van der Waals surface area (Å²) in [5.74, 6) is 1.87. The summed E-state index contributed by atoms with van der Waals surface area (Å²) in [7, 11) is 5.98. The number of aromatic nitrogens is 3. The van der Waals surface area contributed by atoms with E-state index < -0.39 is 0 Å². The van der Waals surface area contributed by atoms with E-state index in [1.165, 1.54) is 16.8 Å². The molecule has 2 aromatic heterocycles. The van der Waals surface area contributed by atoms with E-state index in [0.29, 0.717) is 6.54 Å². The molecule has 1 aliphatic heterocycles. The van der Waals surface area contributed by atoms with Crippen LogP contribution in [0.3, 0.4) is 0 Å². The number of nitrogens with zero attached hydrogens (tertiary/aromatic N) is 6. The largest absolute Gasteiger partial charge is 0.354 e. The number of piperazine rings is 1. The first-order valence-electron chi connectivity index (χ1n) is 10.7. The number of pyridine rings is 1. The number of anilines is 1. The summed E-state index contributed by atoms with van der Waals surface area (Å²) in [4.78, 5) is 13.8. The minimum atomic E-state index is 0. The number of aryl methyl sites for hydroxylation is 2. The lowest BCUT2D eigenvalue weighted by Crippen LogP contribution is -2.46. The monoisotopic (exact) mass is 540 g/mol. The van der Waals surface area contributed by atoms with E-state index in [9.17, 15) is 0 Å². The van der Waals surface area contributed by atoms with Gasteiger partial charge in [-0.3, -0.25) is 9.67 Å². The molecule has 9 heteroatoms. The topological polar surface area (TPSA) is 73.6 Å². The molecule has 0 aromatic carbocycles. The van der Waals surface area contributed by atoms with Crippen molar-refractivity contribution in [2.24, 2.45) is 12.0 Å². The van der Waals surface area contributed by atoms with E-state index in [1.54, 1.807) is 0 Å². The number of hydrogen-bond acceptors (Lipinski definition) is 5. The normalized spacial score (nSPS) is 16.1. The Balaban J connectivity index is 0.00000341. The number of aliphatic imine (C=N–C) groups is 1. The molecule has 3 heterocycles. The molecule has 0 amide bonds. The highest BCUT2D eigenvalue weighted by Gasteiger charge is 2.18. The average molecular weight is 540 g/mol. The minimum absolute atomic E-state index is 0. The molecule has 0 saturated carbocycles. The van der Waals surface area contributed by atoms with Gasteiger partial charge in [-0.25, -0.2) is 4.98 Å². The van der Waals surface area contributed by atoms with Crippen LogP contribution in [0.1, 0.15) is 29.4 Å². The number of hydrogen-bond donors (Lipinski definition) is 2. The SMILES string of the molecule is CN=C(NCc1cccnc1N1CCN(C)CC1)NC(C)Cc1c(C)nn(C)c1C.I. The third-order valence-electron chi connectivity index (χ3n) is 5.89. The molecule has 0 radical (unpaired) electrons. The molecule has 1 fully saturated rings. The lowest BCUT2D eigenvalue weighted by atomic mass is 10.1. The zero-order valence-electron chi connectivity index (χ0n) is 19.6. The summed E-state index contributed by atoms with van der Waals surface area (Å²) in [5.41, 5.74) is 4.81. The van der Waals surface area contributed by atoms with Crippen LogP contribution in [0.4, 0.5) is 5.82 Å². The number of likely N-dealkylation sites (N-methyl/N-ethyl adjacent to an activating group) is 1. The molecule has 1 atom stereocenters. The van der Waals surface area contributed by atoms with Crippen molar-refractivity contribution in [3.63, 3.8) is 0 Å². The Morgan fingerprint density at radius 1 is 1.19 bits per heavy atom. The molecule has 8 nitrogen and oxygen atoms in total. The van der Waals surface area contributed by atoms with E-state index in [4.69, 9.17) is 0 Å².